The van der Waals surface area contributed by atoms with E-state index in [0.29, 0.717) is 6.42 Å². The summed E-state index contributed by atoms with van der Waals surface area (Å²) in [5, 5.41) is 16.9. The van der Waals surface area contributed by atoms with E-state index in [1.54, 1.807) is 0 Å². The summed E-state index contributed by atoms with van der Waals surface area (Å²) in [5.74, 6) is -3.70. The second-order valence-electron chi connectivity index (χ2n) is 6.55. The van der Waals surface area contributed by atoms with Crippen LogP contribution >= 0.6 is 0 Å². The topological polar surface area (TPSA) is 74.6 Å². The predicted molar refractivity (Wildman–Crippen MR) is 108 cm³/mol. The molecule has 2 N–H and O–H groups in total. The van der Waals surface area contributed by atoms with Gasteiger partial charge in [0, 0.05) is 0 Å². The van der Waals surface area contributed by atoms with Gasteiger partial charge in [-0.05, 0) is 6.42 Å². The minimum absolute atomic E-state index is 0. The van der Waals surface area contributed by atoms with Crippen LogP contribution in [0, 0.1) is 5.92 Å². The predicted octanol–water partition coefficient (Wildman–Crippen LogP) is 5.63. The van der Waals surface area contributed by atoms with E-state index >= 15 is 0 Å². The van der Waals surface area contributed by atoms with Crippen molar-refractivity contribution < 1.29 is 19.8 Å². The van der Waals surface area contributed by atoms with E-state index in [4.69, 9.17) is 10.2 Å². The van der Waals surface area contributed by atoms with E-state index < -0.39 is 17.9 Å². The maximum absolute atomic E-state index is 10.4. The molecule has 5 heteroatoms. The molecule has 0 aliphatic rings. The molecule has 0 aromatic rings. The molecular formula is C20H41LiO4. The molecule has 0 radical (unpaired) electrons. The molecule has 0 rings (SSSR count). The number of carboxylic acids is 2. The fourth-order valence-electron chi connectivity index (χ4n) is 2.51. The zero-order valence-electron chi connectivity index (χ0n) is 16.2. The standard InChI is InChI=1S/C12H26.C8H14O4.Li.H/c1-3-5-7-9-11-12-10-8-6-4-2;1-2-3-4-5-6(7(9)10)8(11)12;;/h3-12H2,1-2H3;6H,2-5H2,1H3,(H,9,10)(H,11,12);;. The van der Waals surface area contributed by atoms with Crippen LogP contribution in [0.15, 0.2) is 0 Å². The van der Waals surface area contributed by atoms with Gasteiger partial charge >= 0.3 is 30.8 Å². The van der Waals surface area contributed by atoms with E-state index in [2.05, 4.69) is 13.8 Å². The summed E-state index contributed by atoms with van der Waals surface area (Å²) < 4.78 is 0. The van der Waals surface area contributed by atoms with Crippen molar-refractivity contribution in [3.8, 4) is 0 Å². The van der Waals surface area contributed by atoms with Crippen LogP contribution in [0.5, 0.6) is 0 Å². The molecule has 0 aliphatic carbocycles. The van der Waals surface area contributed by atoms with Gasteiger partial charge in [0.05, 0.1) is 0 Å². The Bertz CT molecular complexity index is 271. The van der Waals surface area contributed by atoms with Gasteiger partial charge in [-0.2, -0.15) is 0 Å². The molecule has 146 valence electrons. The molecule has 0 aromatic carbocycles. The van der Waals surface area contributed by atoms with Crippen molar-refractivity contribution >= 4 is 30.8 Å². The van der Waals surface area contributed by atoms with Crippen molar-refractivity contribution in [3.63, 3.8) is 0 Å². The fraction of sp³-hybridized carbons (Fsp3) is 0.900. The second-order valence-corrected chi connectivity index (χ2v) is 6.55. The summed E-state index contributed by atoms with van der Waals surface area (Å²) in [7, 11) is 0. The van der Waals surface area contributed by atoms with Crippen molar-refractivity contribution in [2.24, 2.45) is 5.92 Å². The first-order valence-corrected chi connectivity index (χ1v) is 9.96. The minimum atomic E-state index is -1.24. The normalized spacial score (nSPS) is 9.92. The molecule has 0 saturated carbocycles. The Kier molecular flexibility index (Phi) is 27.6. The van der Waals surface area contributed by atoms with Crippen LogP contribution in [-0.2, 0) is 9.59 Å². The molecule has 0 spiro atoms. The third kappa shape index (κ3) is 23.5. The van der Waals surface area contributed by atoms with Crippen LogP contribution in [0.1, 0.15) is 111 Å². The number of rotatable bonds is 15. The number of hydrogen-bond acceptors (Lipinski definition) is 2. The zero-order chi connectivity index (χ0) is 18.6. The Morgan fingerprint density at radius 3 is 1.16 bits per heavy atom. The molecule has 0 bridgehead atoms. The van der Waals surface area contributed by atoms with Crippen LogP contribution in [0.2, 0.25) is 0 Å². The first-order valence-electron chi connectivity index (χ1n) is 9.96. The van der Waals surface area contributed by atoms with E-state index in [1.165, 1.54) is 64.2 Å². The van der Waals surface area contributed by atoms with Gasteiger partial charge in [0.2, 0.25) is 0 Å². The summed E-state index contributed by atoms with van der Waals surface area (Å²) >= 11 is 0. The van der Waals surface area contributed by atoms with E-state index in [9.17, 15) is 9.59 Å². The summed E-state index contributed by atoms with van der Waals surface area (Å²) in [4.78, 5) is 20.7. The van der Waals surface area contributed by atoms with Gasteiger partial charge in [0.15, 0.2) is 5.92 Å². The molecule has 0 amide bonds. The molecular weight excluding hydrogens is 311 g/mol. The summed E-state index contributed by atoms with van der Waals surface area (Å²) in [6, 6.07) is 0. The summed E-state index contributed by atoms with van der Waals surface area (Å²) in [6.45, 7) is 6.54. The average Bonchev–Trinajstić information content (AvgIpc) is 2.54. The van der Waals surface area contributed by atoms with E-state index in [0.717, 1.165) is 12.8 Å². The van der Waals surface area contributed by atoms with Gasteiger partial charge < -0.3 is 10.2 Å². The first kappa shape index (κ1) is 29.3. The van der Waals surface area contributed by atoms with Crippen LogP contribution in [-0.4, -0.2) is 41.0 Å². The Labute approximate surface area is 167 Å². The van der Waals surface area contributed by atoms with Crippen LogP contribution < -0.4 is 0 Å². The summed E-state index contributed by atoms with van der Waals surface area (Å²) in [6.07, 6.45) is 17.2. The fourth-order valence-corrected chi connectivity index (χ4v) is 2.51. The van der Waals surface area contributed by atoms with Gasteiger partial charge in [0.25, 0.3) is 0 Å². The van der Waals surface area contributed by atoms with Gasteiger partial charge in [-0.25, -0.2) is 0 Å². The van der Waals surface area contributed by atoms with Crippen molar-refractivity contribution in [2.75, 3.05) is 0 Å². The number of carboxylic acid groups (broad SMARTS) is 2. The Hall–Kier alpha value is -0.463. The molecule has 0 saturated heterocycles. The van der Waals surface area contributed by atoms with Gasteiger partial charge in [0.1, 0.15) is 0 Å². The van der Waals surface area contributed by atoms with Crippen LogP contribution in [0.3, 0.4) is 0 Å². The molecule has 25 heavy (non-hydrogen) atoms. The Morgan fingerprint density at radius 1 is 0.600 bits per heavy atom. The Balaban J connectivity index is -0.000000372. The van der Waals surface area contributed by atoms with Crippen molar-refractivity contribution in [1.29, 1.82) is 0 Å². The quantitative estimate of drug-likeness (QED) is 0.227. The van der Waals surface area contributed by atoms with Crippen molar-refractivity contribution in [2.45, 2.75) is 111 Å². The maximum atomic E-state index is 10.4. The first-order chi connectivity index (χ1) is 11.5. The van der Waals surface area contributed by atoms with Crippen LogP contribution in [0.4, 0.5) is 0 Å². The molecule has 0 unspecified atom stereocenters. The third-order valence-corrected chi connectivity index (χ3v) is 4.15. The van der Waals surface area contributed by atoms with Crippen LogP contribution in [0.25, 0.3) is 0 Å². The van der Waals surface area contributed by atoms with Gasteiger partial charge in [-0.1, -0.05) is 104 Å². The average molecular weight is 352 g/mol. The van der Waals surface area contributed by atoms with Gasteiger partial charge in [-0.15, -0.1) is 0 Å². The van der Waals surface area contributed by atoms with Gasteiger partial charge in [-0.3, -0.25) is 9.59 Å². The third-order valence-electron chi connectivity index (χ3n) is 4.15. The number of unbranched alkanes of at least 4 members (excludes halogenated alkanes) is 11. The molecule has 0 heterocycles. The Morgan fingerprint density at radius 2 is 0.880 bits per heavy atom. The summed E-state index contributed by atoms with van der Waals surface area (Å²) in [5.41, 5.74) is 0. The van der Waals surface area contributed by atoms with E-state index in [-0.39, 0.29) is 25.3 Å². The second kappa shape index (κ2) is 23.5. The van der Waals surface area contributed by atoms with Crippen molar-refractivity contribution in [3.05, 3.63) is 0 Å². The number of hydrogen-bond donors (Lipinski definition) is 2. The van der Waals surface area contributed by atoms with E-state index in [1.807, 2.05) is 6.92 Å². The monoisotopic (exact) mass is 352 g/mol. The van der Waals surface area contributed by atoms with Crippen molar-refractivity contribution in [1.82, 2.24) is 0 Å². The molecule has 0 fully saturated rings. The molecule has 0 atom stereocenters. The SMILES string of the molecule is CCCCCC(C(=O)O)C(=O)O.CCCCCCCCCCCC.[LiH]. The zero-order valence-corrected chi connectivity index (χ0v) is 16.2. The molecule has 4 nitrogen and oxygen atoms in total. The number of aliphatic carboxylic acids is 2. The molecule has 0 aliphatic heterocycles. The molecule has 0 aromatic heterocycles. The number of carbonyl (C=O) groups is 2.